The molecule has 3 aromatic rings. The van der Waals surface area contributed by atoms with E-state index in [0.717, 1.165) is 0 Å². The molecule has 0 unspecified atom stereocenters. The van der Waals surface area contributed by atoms with E-state index in [1.165, 1.54) is 48.7 Å². The van der Waals surface area contributed by atoms with Gasteiger partial charge in [-0.1, -0.05) is 35.3 Å². The molecule has 3 rings (SSSR count). The number of pyridine rings is 1. The van der Waals surface area contributed by atoms with E-state index in [2.05, 4.69) is 15.6 Å². The maximum Gasteiger partial charge on any atom is 0.259 e. The minimum atomic E-state index is -0.648. The summed E-state index contributed by atoms with van der Waals surface area (Å²) in [7, 11) is 0. The number of phenols is 1. The van der Waals surface area contributed by atoms with E-state index in [0.29, 0.717) is 10.6 Å². The van der Waals surface area contributed by atoms with Crippen molar-refractivity contribution in [3.8, 4) is 5.75 Å². The lowest BCUT2D eigenvalue weighted by Gasteiger charge is -2.14. The van der Waals surface area contributed by atoms with Gasteiger partial charge in [0.2, 0.25) is 0 Å². The molecule has 0 aliphatic heterocycles. The van der Waals surface area contributed by atoms with E-state index in [9.17, 15) is 14.7 Å². The zero-order valence-corrected chi connectivity index (χ0v) is 16.8. The van der Waals surface area contributed by atoms with Crippen LogP contribution < -0.4 is 16.4 Å². The average molecular weight is 444 g/mol. The fourth-order valence-electron chi connectivity index (χ4n) is 2.52. The van der Waals surface area contributed by atoms with Crippen LogP contribution in [0, 0.1) is 5.41 Å². The molecule has 0 fully saturated rings. The maximum absolute atomic E-state index is 12.7. The lowest BCUT2D eigenvalue weighted by atomic mass is 10.1. The van der Waals surface area contributed by atoms with Crippen LogP contribution in [0.15, 0.2) is 54.7 Å². The number of nitrogens with zero attached hydrogens (tertiary/aromatic N) is 1. The summed E-state index contributed by atoms with van der Waals surface area (Å²) in [6.45, 7) is 0. The van der Waals surface area contributed by atoms with Crippen LogP contribution in [0.25, 0.3) is 0 Å². The molecule has 6 N–H and O–H groups in total. The van der Waals surface area contributed by atoms with Crippen LogP contribution in [0.2, 0.25) is 10.0 Å². The summed E-state index contributed by atoms with van der Waals surface area (Å²) in [4.78, 5) is 29.3. The fourth-order valence-corrected chi connectivity index (χ4v) is 2.85. The summed E-state index contributed by atoms with van der Waals surface area (Å²) in [5.74, 6) is -1.52. The Morgan fingerprint density at radius 1 is 0.933 bits per heavy atom. The van der Waals surface area contributed by atoms with Gasteiger partial charge in [0.05, 0.1) is 16.3 Å². The first-order valence-corrected chi connectivity index (χ1v) is 9.21. The molecule has 10 heteroatoms. The number of aromatic nitrogens is 1. The number of phenolic OH excluding ortho intramolecular Hbond substituents is 1. The highest BCUT2D eigenvalue weighted by atomic mass is 35.5. The van der Waals surface area contributed by atoms with Crippen molar-refractivity contribution < 1.29 is 14.7 Å². The molecule has 0 atom stereocenters. The molecular weight excluding hydrogens is 429 g/mol. The molecule has 152 valence electrons. The molecule has 0 radical (unpaired) electrons. The van der Waals surface area contributed by atoms with Crippen LogP contribution in [0.3, 0.4) is 0 Å². The molecule has 0 spiro atoms. The Labute approximate surface area is 181 Å². The summed E-state index contributed by atoms with van der Waals surface area (Å²) in [6.07, 6.45) is 1.36. The molecule has 8 nitrogen and oxygen atoms in total. The zero-order valence-electron chi connectivity index (χ0n) is 15.2. The summed E-state index contributed by atoms with van der Waals surface area (Å²) in [6, 6.07) is 11.5. The molecule has 0 saturated heterocycles. The molecule has 2 amide bonds. The first-order valence-electron chi connectivity index (χ1n) is 8.46. The van der Waals surface area contributed by atoms with Gasteiger partial charge in [0.15, 0.2) is 0 Å². The molecule has 0 saturated carbocycles. The first kappa shape index (κ1) is 21.1. The van der Waals surface area contributed by atoms with E-state index in [4.69, 9.17) is 34.3 Å². The van der Waals surface area contributed by atoms with Gasteiger partial charge in [-0.25, -0.2) is 4.98 Å². The topological polar surface area (TPSA) is 141 Å². The summed E-state index contributed by atoms with van der Waals surface area (Å²) < 4.78 is 0. The summed E-state index contributed by atoms with van der Waals surface area (Å²) in [5, 5.41) is 23.2. The number of nitrogens with one attached hydrogen (secondary N) is 3. The number of benzene rings is 2. The van der Waals surface area contributed by atoms with Crippen LogP contribution >= 0.6 is 23.2 Å². The van der Waals surface area contributed by atoms with E-state index in [1.807, 2.05) is 0 Å². The summed E-state index contributed by atoms with van der Waals surface area (Å²) in [5.41, 5.74) is 5.91. The minimum absolute atomic E-state index is 0.0644. The molecule has 0 bridgehead atoms. The smallest absolute Gasteiger partial charge is 0.259 e. The van der Waals surface area contributed by atoms with E-state index in [-0.39, 0.29) is 39.2 Å². The second kappa shape index (κ2) is 8.81. The Morgan fingerprint density at radius 3 is 2.20 bits per heavy atom. The van der Waals surface area contributed by atoms with E-state index in [1.54, 1.807) is 6.07 Å². The highest BCUT2D eigenvalue weighted by molar-refractivity contribution is 6.32. The average Bonchev–Trinajstić information content (AvgIpc) is 2.71. The van der Waals surface area contributed by atoms with Crippen molar-refractivity contribution in [2.75, 3.05) is 10.6 Å². The largest absolute Gasteiger partial charge is 0.506 e. The fraction of sp³-hybridized carbons (Fsp3) is 0. The third-order valence-electron chi connectivity index (χ3n) is 3.99. The number of amidine groups is 1. The van der Waals surface area contributed by atoms with Gasteiger partial charge in [0.1, 0.15) is 17.4 Å². The SMILES string of the molecule is N=C(N)c1ccc(C(=O)Nc2c(O)cc(Cl)cc2C(=O)Nc2ccc(Cl)cn2)cc1. The summed E-state index contributed by atoms with van der Waals surface area (Å²) >= 11 is 11.8. The highest BCUT2D eigenvalue weighted by Crippen LogP contribution is 2.32. The maximum atomic E-state index is 12.7. The third-order valence-corrected chi connectivity index (χ3v) is 4.43. The second-order valence-corrected chi connectivity index (χ2v) is 6.98. The normalized spacial score (nSPS) is 10.3. The van der Waals surface area contributed by atoms with Crippen molar-refractivity contribution in [2.45, 2.75) is 0 Å². The van der Waals surface area contributed by atoms with E-state index < -0.39 is 11.8 Å². The van der Waals surface area contributed by atoms with Gasteiger partial charge in [-0.2, -0.15) is 0 Å². The number of hydrogen-bond acceptors (Lipinski definition) is 5. The Morgan fingerprint density at radius 2 is 1.60 bits per heavy atom. The second-order valence-electron chi connectivity index (χ2n) is 6.11. The molecule has 1 heterocycles. The Hall–Kier alpha value is -3.62. The van der Waals surface area contributed by atoms with Gasteiger partial charge in [-0.15, -0.1) is 0 Å². The number of rotatable bonds is 5. The first-order chi connectivity index (χ1) is 14.2. The molecule has 30 heavy (non-hydrogen) atoms. The van der Waals surface area contributed by atoms with Crippen LogP contribution in [0.4, 0.5) is 11.5 Å². The lowest BCUT2D eigenvalue weighted by molar-refractivity contribution is 0.102. The van der Waals surface area contributed by atoms with Crippen LogP contribution in [-0.4, -0.2) is 27.7 Å². The number of amides is 2. The van der Waals surface area contributed by atoms with E-state index >= 15 is 0 Å². The number of aromatic hydroxyl groups is 1. The Bertz CT molecular complexity index is 1130. The minimum Gasteiger partial charge on any atom is -0.506 e. The zero-order chi connectivity index (χ0) is 21.8. The number of anilines is 2. The van der Waals surface area contributed by atoms with Gasteiger partial charge in [-0.05, 0) is 30.3 Å². The lowest BCUT2D eigenvalue weighted by Crippen LogP contribution is -2.19. The molecule has 2 aromatic carbocycles. The molecule has 1 aromatic heterocycles. The van der Waals surface area contributed by atoms with Crippen molar-refractivity contribution in [1.82, 2.24) is 4.98 Å². The predicted octanol–water partition coefficient (Wildman–Crippen LogP) is 3.88. The van der Waals surface area contributed by atoms with Crippen LogP contribution in [0.5, 0.6) is 5.75 Å². The van der Waals surface area contributed by atoms with Gasteiger partial charge < -0.3 is 21.5 Å². The van der Waals surface area contributed by atoms with Crippen LogP contribution in [0.1, 0.15) is 26.3 Å². The standard InChI is InChI=1S/C20H15Cl2N5O3/c21-12-5-6-16(25-9-12)26-20(30)14-7-13(22)8-15(28)17(14)27-19(29)11-3-1-10(2-4-11)18(23)24/h1-9,28H,(H3,23,24)(H,27,29)(H,25,26,30). The Balaban J connectivity index is 1.88. The van der Waals surface area contributed by atoms with Gasteiger partial charge in [-0.3, -0.25) is 15.0 Å². The quantitative estimate of drug-likeness (QED) is 0.231. The highest BCUT2D eigenvalue weighted by Gasteiger charge is 2.20. The molecule has 0 aliphatic carbocycles. The predicted molar refractivity (Wildman–Crippen MR) is 116 cm³/mol. The van der Waals surface area contributed by atoms with Crippen molar-refractivity contribution in [3.63, 3.8) is 0 Å². The number of carbonyl (C=O) groups excluding carboxylic acids is 2. The third kappa shape index (κ3) is 4.86. The number of nitrogens with two attached hydrogens (primary N) is 1. The van der Waals surface area contributed by atoms with Gasteiger partial charge >= 0.3 is 0 Å². The van der Waals surface area contributed by atoms with Crippen molar-refractivity contribution in [2.24, 2.45) is 5.73 Å². The van der Waals surface area contributed by atoms with Gasteiger partial charge in [0.25, 0.3) is 11.8 Å². The number of nitrogen functional groups attached to an aromatic ring is 1. The van der Waals surface area contributed by atoms with Gasteiger partial charge in [0, 0.05) is 28.4 Å². The van der Waals surface area contributed by atoms with Crippen molar-refractivity contribution >= 4 is 52.4 Å². The van der Waals surface area contributed by atoms with Crippen molar-refractivity contribution in [1.29, 1.82) is 5.41 Å². The molecular formula is C20H15Cl2N5O3. The van der Waals surface area contributed by atoms with Crippen molar-refractivity contribution in [3.05, 3.63) is 81.5 Å². The molecule has 0 aliphatic rings. The van der Waals surface area contributed by atoms with Crippen LogP contribution in [-0.2, 0) is 0 Å². The Kier molecular flexibility index (Phi) is 6.20. The number of hydrogen-bond donors (Lipinski definition) is 5. The number of carbonyl (C=O) groups is 2. The monoisotopic (exact) mass is 443 g/mol. The number of halogens is 2.